The number of carbonyl (C=O) groups excluding carboxylic acids is 1. The van der Waals surface area contributed by atoms with Crippen LogP contribution in [0.3, 0.4) is 0 Å². The number of primary amides is 1. The number of ether oxygens (including phenoxy) is 1. The van der Waals surface area contributed by atoms with Crippen molar-refractivity contribution in [3.8, 4) is 39.5 Å². The van der Waals surface area contributed by atoms with Gasteiger partial charge in [-0.25, -0.2) is 9.97 Å². The zero-order chi connectivity index (χ0) is 26.5. The highest BCUT2D eigenvalue weighted by atomic mass is 19.4. The van der Waals surface area contributed by atoms with E-state index in [-0.39, 0.29) is 27.3 Å². The summed E-state index contributed by atoms with van der Waals surface area (Å²) in [6, 6.07) is 12.6. The third-order valence-electron chi connectivity index (χ3n) is 5.95. The molecule has 0 aliphatic heterocycles. The number of benzene rings is 2. The number of carbonyl (C=O) groups is 1. The molecule has 12 heteroatoms. The third kappa shape index (κ3) is 4.05. The predicted octanol–water partition coefficient (Wildman–Crippen LogP) is 4.45. The lowest BCUT2D eigenvalue weighted by Crippen LogP contribution is -2.21. The Morgan fingerprint density at radius 3 is 2.38 bits per heavy atom. The highest BCUT2D eigenvalue weighted by molar-refractivity contribution is 6.04. The summed E-state index contributed by atoms with van der Waals surface area (Å²) in [5.74, 6) is -0.880. The second kappa shape index (κ2) is 8.73. The number of nitrogens with zero attached hydrogens (tertiary/aromatic N) is 6. The number of hydrogen-bond acceptors (Lipinski definition) is 6. The van der Waals surface area contributed by atoms with Crippen LogP contribution in [0, 0.1) is 6.92 Å². The zero-order valence-corrected chi connectivity index (χ0v) is 19.9. The summed E-state index contributed by atoms with van der Waals surface area (Å²) < 4.78 is 47.8. The molecular weight excluding hydrogens is 487 g/mol. The Morgan fingerprint density at radius 1 is 1.00 bits per heavy atom. The molecule has 2 N–H and O–H groups in total. The van der Waals surface area contributed by atoms with Crippen molar-refractivity contribution in [3.05, 3.63) is 66.2 Å². The van der Waals surface area contributed by atoms with Crippen LogP contribution in [-0.2, 0) is 13.3 Å². The summed E-state index contributed by atoms with van der Waals surface area (Å²) in [6.07, 6.45) is -1.67. The summed E-state index contributed by atoms with van der Waals surface area (Å²) in [5.41, 5.74) is 7.74. The molecule has 3 heterocycles. The molecule has 0 atom stereocenters. The van der Waals surface area contributed by atoms with Crippen LogP contribution in [0.5, 0.6) is 5.75 Å². The van der Waals surface area contributed by atoms with Gasteiger partial charge in [-0.3, -0.25) is 9.48 Å². The van der Waals surface area contributed by atoms with Crippen molar-refractivity contribution in [1.29, 1.82) is 0 Å². The van der Waals surface area contributed by atoms with Gasteiger partial charge in [0.1, 0.15) is 23.5 Å². The van der Waals surface area contributed by atoms with Crippen LogP contribution >= 0.6 is 0 Å². The van der Waals surface area contributed by atoms with Gasteiger partial charge in [-0.15, -0.1) is 13.2 Å². The smallest absolute Gasteiger partial charge is 0.496 e. The number of aromatic nitrogens is 6. The average Bonchev–Trinajstić information content (AvgIpc) is 3.43. The van der Waals surface area contributed by atoms with Crippen molar-refractivity contribution in [3.63, 3.8) is 0 Å². The molecule has 0 bridgehead atoms. The Balaban J connectivity index is 1.81. The molecule has 0 saturated heterocycles. The standard InChI is InChI=1S/C25H20F3N7O2/c1-13-20(24(29)36)23(33-35(13)25(26,27)28)16-9-15-18(10-19(16)37-3)30-12-31-22(15)17-11-34(2)32-21(17)14-7-5-4-6-8-14/h4-12H,1-3H3,(H2,29,36). The van der Waals surface area contributed by atoms with E-state index in [0.29, 0.717) is 27.9 Å². The molecule has 0 unspecified atom stereocenters. The van der Waals surface area contributed by atoms with Crippen LogP contribution in [0.1, 0.15) is 16.1 Å². The zero-order valence-electron chi connectivity index (χ0n) is 19.9. The van der Waals surface area contributed by atoms with Crippen LogP contribution in [0.25, 0.3) is 44.7 Å². The first-order valence-electron chi connectivity index (χ1n) is 11.0. The number of methoxy groups -OCH3 is 1. The quantitative estimate of drug-likeness (QED) is 0.376. The Morgan fingerprint density at radius 2 is 1.73 bits per heavy atom. The van der Waals surface area contributed by atoms with Crippen molar-refractivity contribution >= 4 is 16.8 Å². The van der Waals surface area contributed by atoms with Crippen molar-refractivity contribution in [2.24, 2.45) is 12.8 Å². The third-order valence-corrected chi connectivity index (χ3v) is 5.95. The van der Waals surface area contributed by atoms with Gasteiger partial charge in [0.15, 0.2) is 0 Å². The van der Waals surface area contributed by atoms with Crippen LogP contribution in [-0.4, -0.2) is 42.5 Å². The molecule has 37 heavy (non-hydrogen) atoms. The number of hydrogen-bond donors (Lipinski definition) is 1. The first kappa shape index (κ1) is 24.0. The Bertz CT molecular complexity index is 1660. The van der Waals surface area contributed by atoms with Crippen molar-refractivity contribution in [1.82, 2.24) is 29.5 Å². The lowest BCUT2D eigenvalue weighted by molar-refractivity contribution is -0.213. The molecule has 0 spiro atoms. The van der Waals surface area contributed by atoms with E-state index in [1.54, 1.807) is 30.1 Å². The minimum Gasteiger partial charge on any atom is -0.496 e. The van der Waals surface area contributed by atoms with Gasteiger partial charge in [0.25, 0.3) is 5.91 Å². The number of halogens is 3. The van der Waals surface area contributed by atoms with Gasteiger partial charge in [-0.05, 0) is 13.0 Å². The van der Waals surface area contributed by atoms with Crippen molar-refractivity contribution < 1.29 is 22.7 Å². The summed E-state index contributed by atoms with van der Waals surface area (Å²) in [5, 5.41) is 8.80. The number of fused-ring (bicyclic) bond motifs is 1. The highest BCUT2D eigenvalue weighted by Gasteiger charge is 2.37. The van der Waals surface area contributed by atoms with Gasteiger partial charge in [0, 0.05) is 41.4 Å². The van der Waals surface area contributed by atoms with Crippen LogP contribution in [0.2, 0.25) is 0 Å². The lowest BCUT2D eigenvalue weighted by atomic mass is 9.98. The molecule has 0 radical (unpaired) electrons. The summed E-state index contributed by atoms with van der Waals surface area (Å²) >= 11 is 0. The number of aryl methyl sites for hydroxylation is 1. The Kier molecular flexibility index (Phi) is 5.66. The van der Waals surface area contributed by atoms with Crippen LogP contribution in [0.4, 0.5) is 13.2 Å². The van der Waals surface area contributed by atoms with E-state index < -0.39 is 17.9 Å². The fourth-order valence-corrected chi connectivity index (χ4v) is 4.36. The normalized spacial score (nSPS) is 11.7. The van der Waals surface area contributed by atoms with Gasteiger partial charge in [0.05, 0.1) is 29.6 Å². The van der Waals surface area contributed by atoms with Gasteiger partial charge < -0.3 is 10.5 Å². The van der Waals surface area contributed by atoms with Crippen LogP contribution in [0.15, 0.2) is 55.0 Å². The van der Waals surface area contributed by atoms with E-state index in [2.05, 4.69) is 20.2 Å². The molecule has 188 valence electrons. The minimum atomic E-state index is -4.86. The average molecular weight is 507 g/mol. The Hall–Kier alpha value is -4.74. The minimum absolute atomic E-state index is 0.135. The SMILES string of the molecule is COc1cc2ncnc(-c3cn(C)nc3-c3ccccc3)c2cc1-c1nn(C(F)(F)F)c(C)c1C(N)=O. The maximum Gasteiger partial charge on any atom is 0.504 e. The van der Waals surface area contributed by atoms with Gasteiger partial charge in [0.2, 0.25) is 0 Å². The van der Waals surface area contributed by atoms with Crippen molar-refractivity contribution in [2.75, 3.05) is 7.11 Å². The largest absolute Gasteiger partial charge is 0.504 e. The summed E-state index contributed by atoms with van der Waals surface area (Å²) in [4.78, 5) is 21.0. The molecule has 0 aliphatic carbocycles. The first-order valence-corrected chi connectivity index (χ1v) is 11.0. The number of amides is 1. The van der Waals surface area contributed by atoms with E-state index >= 15 is 0 Å². The number of nitrogens with two attached hydrogens (primary N) is 1. The molecule has 5 aromatic rings. The second-order valence-electron chi connectivity index (χ2n) is 8.28. The predicted molar refractivity (Wildman–Crippen MR) is 130 cm³/mol. The topological polar surface area (TPSA) is 114 Å². The van der Waals surface area contributed by atoms with Gasteiger partial charge in [-0.2, -0.15) is 14.9 Å². The maximum absolute atomic E-state index is 13.6. The molecule has 2 aromatic carbocycles. The summed E-state index contributed by atoms with van der Waals surface area (Å²) in [6.45, 7) is 1.13. The van der Waals surface area contributed by atoms with Crippen LogP contribution < -0.4 is 10.5 Å². The molecule has 3 aromatic heterocycles. The highest BCUT2D eigenvalue weighted by Crippen LogP contribution is 2.40. The second-order valence-corrected chi connectivity index (χ2v) is 8.28. The van der Waals surface area contributed by atoms with E-state index in [4.69, 9.17) is 10.5 Å². The fraction of sp³-hybridized carbons (Fsp3) is 0.160. The molecule has 0 fully saturated rings. The Labute approximate surface area is 208 Å². The van der Waals surface area contributed by atoms with E-state index in [1.807, 2.05) is 30.3 Å². The fourth-order valence-electron chi connectivity index (χ4n) is 4.36. The van der Waals surface area contributed by atoms with Gasteiger partial charge in [-0.1, -0.05) is 30.3 Å². The molecule has 0 aliphatic rings. The molecule has 9 nitrogen and oxygen atoms in total. The monoisotopic (exact) mass is 507 g/mol. The van der Waals surface area contributed by atoms with Crippen molar-refractivity contribution in [2.45, 2.75) is 13.2 Å². The lowest BCUT2D eigenvalue weighted by Gasteiger charge is -2.12. The molecule has 5 rings (SSSR count). The van der Waals surface area contributed by atoms with Gasteiger partial charge >= 0.3 is 6.30 Å². The molecule has 0 saturated carbocycles. The maximum atomic E-state index is 13.6. The molecular formula is C25H20F3N7O2. The first-order chi connectivity index (χ1) is 17.6. The van der Waals surface area contributed by atoms with E-state index in [0.717, 1.165) is 12.5 Å². The van der Waals surface area contributed by atoms with E-state index in [1.165, 1.54) is 13.4 Å². The number of alkyl halides is 3. The van der Waals surface area contributed by atoms with E-state index in [9.17, 15) is 18.0 Å². The number of rotatable bonds is 5. The summed E-state index contributed by atoms with van der Waals surface area (Å²) in [7, 11) is 3.14. The molecule has 1 amide bonds.